The first-order chi connectivity index (χ1) is 11.8. The molecule has 0 saturated heterocycles. The zero-order valence-corrected chi connectivity index (χ0v) is 13.1. The standard InChI is InChI=1S/C12H10N2.C10H6/c1(11-3-7-13-8-4-11)2-12-5-9-14-10-6-12;1-3-9-5-7-10(4-2)8-6-9/h1-10H;1-2,5-8H/b2-1+;. The van der Waals surface area contributed by atoms with E-state index in [1.807, 2.05) is 48.5 Å². The van der Waals surface area contributed by atoms with Crippen LogP contribution in [0, 0.1) is 24.7 Å². The van der Waals surface area contributed by atoms with Crippen LogP contribution >= 0.6 is 0 Å². The van der Waals surface area contributed by atoms with Crippen LogP contribution in [-0.4, -0.2) is 9.97 Å². The van der Waals surface area contributed by atoms with Gasteiger partial charge in [-0.1, -0.05) is 24.0 Å². The predicted molar refractivity (Wildman–Crippen MR) is 99.7 cm³/mol. The van der Waals surface area contributed by atoms with Crippen LogP contribution in [0.2, 0.25) is 0 Å². The molecule has 0 amide bonds. The fourth-order valence-electron chi connectivity index (χ4n) is 1.80. The van der Waals surface area contributed by atoms with E-state index in [2.05, 4.69) is 34.0 Å². The molecule has 2 heteroatoms. The maximum atomic E-state index is 5.14. The second kappa shape index (κ2) is 9.41. The maximum absolute atomic E-state index is 5.14. The van der Waals surface area contributed by atoms with E-state index in [0.717, 1.165) is 22.3 Å². The lowest BCUT2D eigenvalue weighted by molar-refractivity contribution is 1.32. The summed E-state index contributed by atoms with van der Waals surface area (Å²) in [5.74, 6) is 5.02. The van der Waals surface area contributed by atoms with Gasteiger partial charge in [-0.15, -0.1) is 12.8 Å². The van der Waals surface area contributed by atoms with Gasteiger partial charge in [0.1, 0.15) is 0 Å². The molecule has 2 aromatic heterocycles. The Kier molecular flexibility index (Phi) is 6.56. The van der Waals surface area contributed by atoms with Gasteiger partial charge in [-0.05, 0) is 59.7 Å². The van der Waals surface area contributed by atoms with Crippen LogP contribution in [0.3, 0.4) is 0 Å². The molecule has 24 heavy (non-hydrogen) atoms. The number of benzene rings is 1. The lowest BCUT2D eigenvalue weighted by atomic mass is 10.1. The highest BCUT2D eigenvalue weighted by atomic mass is 14.6. The third-order valence-electron chi connectivity index (χ3n) is 3.10. The third kappa shape index (κ3) is 5.64. The molecular weight excluding hydrogens is 292 g/mol. The lowest BCUT2D eigenvalue weighted by Crippen LogP contribution is -1.74. The molecule has 0 aliphatic rings. The Morgan fingerprint density at radius 3 is 1.21 bits per heavy atom. The van der Waals surface area contributed by atoms with Gasteiger partial charge < -0.3 is 0 Å². The number of aromatic nitrogens is 2. The molecule has 0 radical (unpaired) electrons. The number of nitrogens with zero attached hydrogens (tertiary/aromatic N) is 2. The van der Waals surface area contributed by atoms with E-state index in [1.165, 1.54) is 0 Å². The monoisotopic (exact) mass is 308 g/mol. The van der Waals surface area contributed by atoms with E-state index in [1.54, 1.807) is 24.8 Å². The zero-order chi connectivity index (χ0) is 17.0. The lowest BCUT2D eigenvalue weighted by Gasteiger charge is -1.92. The van der Waals surface area contributed by atoms with Crippen molar-refractivity contribution >= 4 is 12.2 Å². The Morgan fingerprint density at radius 2 is 0.917 bits per heavy atom. The van der Waals surface area contributed by atoms with Crippen molar-refractivity contribution in [3.05, 3.63) is 95.6 Å². The first-order valence-electron chi connectivity index (χ1n) is 7.33. The van der Waals surface area contributed by atoms with E-state index in [4.69, 9.17) is 12.8 Å². The van der Waals surface area contributed by atoms with Gasteiger partial charge in [0.2, 0.25) is 0 Å². The molecule has 3 rings (SSSR count). The van der Waals surface area contributed by atoms with E-state index in [0.29, 0.717) is 0 Å². The van der Waals surface area contributed by atoms with Crippen molar-refractivity contribution in [3.8, 4) is 24.7 Å². The number of hydrogen-bond acceptors (Lipinski definition) is 2. The second-order valence-corrected chi connectivity index (χ2v) is 4.76. The summed E-state index contributed by atoms with van der Waals surface area (Å²) in [6.07, 6.45) is 21.5. The predicted octanol–water partition coefficient (Wildman–Crippen LogP) is 4.30. The highest BCUT2D eigenvalue weighted by molar-refractivity contribution is 5.68. The van der Waals surface area contributed by atoms with Gasteiger partial charge >= 0.3 is 0 Å². The van der Waals surface area contributed by atoms with Crippen molar-refractivity contribution in [2.75, 3.05) is 0 Å². The molecule has 0 unspecified atom stereocenters. The molecule has 2 heterocycles. The molecule has 0 fully saturated rings. The normalized spacial score (nSPS) is 9.42. The van der Waals surface area contributed by atoms with Crippen molar-refractivity contribution in [1.29, 1.82) is 0 Å². The van der Waals surface area contributed by atoms with E-state index in [-0.39, 0.29) is 0 Å². The van der Waals surface area contributed by atoms with Crippen molar-refractivity contribution in [2.45, 2.75) is 0 Å². The fraction of sp³-hybridized carbons (Fsp3) is 0. The summed E-state index contributed by atoms with van der Waals surface area (Å²) in [6, 6.07) is 15.2. The minimum Gasteiger partial charge on any atom is -0.265 e. The number of pyridine rings is 2. The summed E-state index contributed by atoms with van der Waals surface area (Å²) in [6.45, 7) is 0. The third-order valence-corrected chi connectivity index (χ3v) is 3.10. The number of rotatable bonds is 2. The average molecular weight is 308 g/mol. The Balaban J connectivity index is 0.000000185. The molecule has 2 nitrogen and oxygen atoms in total. The van der Waals surface area contributed by atoms with Crippen LogP contribution < -0.4 is 0 Å². The van der Waals surface area contributed by atoms with E-state index >= 15 is 0 Å². The summed E-state index contributed by atoms with van der Waals surface area (Å²) in [4.78, 5) is 7.91. The number of terminal acetylenes is 2. The minimum atomic E-state index is 0.860. The molecule has 0 saturated carbocycles. The van der Waals surface area contributed by atoms with Crippen LogP contribution in [0.4, 0.5) is 0 Å². The highest BCUT2D eigenvalue weighted by Crippen LogP contribution is 2.05. The highest BCUT2D eigenvalue weighted by Gasteiger charge is 1.86. The summed E-state index contributed by atoms with van der Waals surface area (Å²) in [7, 11) is 0. The summed E-state index contributed by atoms with van der Waals surface area (Å²) >= 11 is 0. The van der Waals surface area contributed by atoms with Crippen molar-refractivity contribution in [1.82, 2.24) is 9.97 Å². The first kappa shape index (κ1) is 16.7. The fourth-order valence-corrected chi connectivity index (χ4v) is 1.80. The van der Waals surface area contributed by atoms with Crippen LogP contribution in [0.1, 0.15) is 22.3 Å². The van der Waals surface area contributed by atoms with Gasteiger partial charge in [0.15, 0.2) is 0 Å². The minimum absolute atomic E-state index is 0.860. The summed E-state index contributed by atoms with van der Waals surface area (Å²) < 4.78 is 0. The average Bonchev–Trinajstić information content (AvgIpc) is 2.68. The van der Waals surface area contributed by atoms with Crippen LogP contribution in [0.5, 0.6) is 0 Å². The zero-order valence-electron chi connectivity index (χ0n) is 13.1. The largest absolute Gasteiger partial charge is 0.265 e. The number of hydrogen-bond donors (Lipinski definition) is 0. The molecule has 114 valence electrons. The van der Waals surface area contributed by atoms with Gasteiger partial charge in [0.05, 0.1) is 0 Å². The van der Waals surface area contributed by atoms with Crippen molar-refractivity contribution < 1.29 is 0 Å². The first-order valence-corrected chi connectivity index (χ1v) is 7.33. The Bertz CT molecular complexity index is 775. The molecule has 1 aromatic carbocycles. The van der Waals surface area contributed by atoms with E-state index in [9.17, 15) is 0 Å². The Labute approximate surface area is 142 Å². The van der Waals surface area contributed by atoms with Gasteiger partial charge in [-0.3, -0.25) is 9.97 Å². The smallest absolute Gasteiger partial charge is 0.0273 e. The van der Waals surface area contributed by atoms with Crippen molar-refractivity contribution in [2.24, 2.45) is 0 Å². The molecule has 0 bridgehead atoms. The summed E-state index contributed by atoms with van der Waals surface area (Å²) in [5.41, 5.74) is 4.02. The van der Waals surface area contributed by atoms with Gasteiger partial charge in [-0.2, -0.15) is 0 Å². The second-order valence-electron chi connectivity index (χ2n) is 4.76. The van der Waals surface area contributed by atoms with Crippen LogP contribution in [0.25, 0.3) is 12.2 Å². The molecule has 0 aliphatic carbocycles. The quantitative estimate of drug-likeness (QED) is 0.660. The SMILES string of the molecule is C#Cc1ccc(C#C)cc1.C(=C\c1ccncc1)/c1ccncc1. The summed E-state index contributed by atoms with van der Waals surface area (Å²) in [5, 5.41) is 0. The molecule has 0 atom stereocenters. The molecule has 0 N–H and O–H groups in total. The Morgan fingerprint density at radius 1 is 0.583 bits per heavy atom. The Hall–Kier alpha value is -3.62. The molecule has 3 aromatic rings. The van der Waals surface area contributed by atoms with Crippen LogP contribution in [0.15, 0.2) is 73.3 Å². The molecular formula is C22H16N2. The topological polar surface area (TPSA) is 25.8 Å². The maximum Gasteiger partial charge on any atom is 0.0273 e. The van der Waals surface area contributed by atoms with Crippen molar-refractivity contribution in [3.63, 3.8) is 0 Å². The van der Waals surface area contributed by atoms with Gasteiger partial charge in [-0.25, -0.2) is 0 Å². The van der Waals surface area contributed by atoms with Gasteiger partial charge in [0.25, 0.3) is 0 Å². The van der Waals surface area contributed by atoms with Gasteiger partial charge in [0, 0.05) is 35.9 Å². The van der Waals surface area contributed by atoms with E-state index < -0.39 is 0 Å². The molecule has 0 spiro atoms. The van der Waals surface area contributed by atoms with Crippen LogP contribution in [-0.2, 0) is 0 Å². The molecule has 0 aliphatic heterocycles.